The van der Waals surface area contributed by atoms with E-state index in [9.17, 15) is 0 Å². The van der Waals surface area contributed by atoms with Crippen molar-refractivity contribution in [1.82, 2.24) is 9.97 Å². The van der Waals surface area contributed by atoms with Crippen LogP contribution < -0.4 is 5.73 Å². The lowest BCUT2D eigenvalue weighted by molar-refractivity contribution is 1.15. The standard InChI is InChI=1S/C10H11BrN4/c1-3-7(4-5-13-2)9-10(12)14-6-8(11)15-9/h3-6H,2H2,1H3,(H2,12,14)/b5-4-,7-3+. The summed E-state index contributed by atoms with van der Waals surface area (Å²) >= 11 is 3.25. The minimum atomic E-state index is 0.389. The molecule has 0 amide bonds. The first-order chi connectivity index (χ1) is 7.19. The number of nitrogen functional groups attached to an aromatic ring is 1. The third-order valence-electron chi connectivity index (χ3n) is 1.72. The molecule has 0 bridgehead atoms. The molecule has 0 aliphatic rings. The van der Waals surface area contributed by atoms with Gasteiger partial charge in [0.1, 0.15) is 16.1 Å². The maximum Gasteiger partial charge on any atom is 0.150 e. The lowest BCUT2D eigenvalue weighted by atomic mass is 10.1. The summed E-state index contributed by atoms with van der Waals surface area (Å²) in [5.41, 5.74) is 7.21. The zero-order chi connectivity index (χ0) is 11.3. The van der Waals surface area contributed by atoms with E-state index in [-0.39, 0.29) is 0 Å². The van der Waals surface area contributed by atoms with Gasteiger partial charge in [-0.25, -0.2) is 9.97 Å². The molecule has 0 aliphatic heterocycles. The van der Waals surface area contributed by atoms with Crippen LogP contribution in [0.1, 0.15) is 12.6 Å². The van der Waals surface area contributed by atoms with Crippen molar-refractivity contribution in [3.05, 3.63) is 34.8 Å². The monoisotopic (exact) mass is 266 g/mol. The Bertz CT molecular complexity index is 423. The summed E-state index contributed by atoms with van der Waals surface area (Å²) in [6.07, 6.45) is 6.80. The maximum absolute atomic E-state index is 5.72. The molecule has 0 saturated heterocycles. The summed E-state index contributed by atoms with van der Waals surface area (Å²) in [5, 5.41) is 0. The van der Waals surface area contributed by atoms with E-state index in [2.05, 4.69) is 37.6 Å². The lowest BCUT2D eigenvalue weighted by Crippen LogP contribution is -1.99. The molecule has 5 heteroatoms. The van der Waals surface area contributed by atoms with E-state index < -0.39 is 0 Å². The Morgan fingerprint density at radius 3 is 3.00 bits per heavy atom. The summed E-state index contributed by atoms with van der Waals surface area (Å²) in [6.45, 7) is 5.25. The fourth-order valence-electron chi connectivity index (χ4n) is 1.03. The van der Waals surface area contributed by atoms with Gasteiger partial charge >= 0.3 is 0 Å². The summed E-state index contributed by atoms with van der Waals surface area (Å²) in [5.74, 6) is 0.389. The van der Waals surface area contributed by atoms with Gasteiger partial charge in [-0.2, -0.15) is 0 Å². The van der Waals surface area contributed by atoms with Gasteiger partial charge in [0.05, 0.1) is 6.20 Å². The summed E-state index contributed by atoms with van der Waals surface area (Å²) in [4.78, 5) is 11.9. The number of rotatable bonds is 3. The highest BCUT2D eigenvalue weighted by Crippen LogP contribution is 2.20. The first kappa shape index (κ1) is 11.6. The van der Waals surface area contributed by atoms with Gasteiger partial charge in [-0.15, -0.1) is 0 Å². The van der Waals surface area contributed by atoms with E-state index in [1.54, 1.807) is 18.5 Å². The van der Waals surface area contributed by atoms with Gasteiger partial charge in [-0.1, -0.05) is 6.08 Å². The number of anilines is 1. The molecule has 1 heterocycles. The quantitative estimate of drug-likeness (QED) is 0.675. The second-order valence-corrected chi connectivity index (χ2v) is 3.48. The molecule has 78 valence electrons. The van der Waals surface area contributed by atoms with Gasteiger partial charge in [0, 0.05) is 11.8 Å². The largest absolute Gasteiger partial charge is 0.382 e. The van der Waals surface area contributed by atoms with E-state index in [4.69, 9.17) is 5.73 Å². The van der Waals surface area contributed by atoms with Gasteiger partial charge in [0.2, 0.25) is 0 Å². The molecule has 0 spiro atoms. The highest BCUT2D eigenvalue weighted by Gasteiger charge is 2.06. The second-order valence-electron chi connectivity index (χ2n) is 2.67. The number of aromatic nitrogens is 2. The number of nitrogens with two attached hydrogens (primary N) is 1. The second kappa shape index (κ2) is 5.41. The van der Waals surface area contributed by atoms with Gasteiger partial charge in [-0.05, 0) is 35.6 Å². The smallest absolute Gasteiger partial charge is 0.150 e. The fourth-order valence-corrected chi connectivity index (χ4v) is 1.31. The predicted octanol–water partition coefficient (Wildman–Crippen LogP) is 2.44. The van der Waals surface area contributed by atoms with E-state index in [1.807, 2.05) is 13.0 Å². The third-order valence-corrected chi connectivity index (χ3v) is 2.10. The minimum absolute atomic E-state index is 0.389. The fraction of sp³-hybridized carbons (Fsp3) is 0.100. The van der Waals surface area contributed by atoms with Crippen molar-refractivity contribution in [2.75, 3.05) is 5.73 Å². The molecule has 4 nitrogen and oxygen atoms in total. The summed E-state index contributed by atoms with van der Waals surface area (Å²) in [6, 6.07) is 0. The molecule has 0 unspecified atom stereocenters. The first-order valence-corrected chi connectivity index (χ1v) is 5.05. The van der Waals surface area contributed by atoms with Crippen molar-refractivity contribution in [3.8, 4) is 0 Å². The molecule has 1 rings (SSSR count). The van der Waals surface area contributed by atoms with Crippen molar-refractivity contribution in [1.29, 1.82) is 0 Å². The van der Waals surface area contributed by atoms with Crippen molar-refractivity contribution >= 4 is 34.0 Å². The van der Waals surface area contributed by atoms with Crippen LogP contribution in [0.5, 0.6) is 0 Å². The van der Waals surface area contributed by atoms with Crippen LogP contribution in [0.25, 0.3) is 5.57 Å². The molecule has 2 N–H and O–H groups in total. The van der Waals surface area contributed by atoms with Crippen molar-refractivity contribution in [3.63, 3.8) is 0 Å². The molecule has 15 heavy (non-hydrogen) atoms. The number of nitrogens with zero attached hydrogens (tertiary/aromatic N) is 3. The van der Waals surface area contributed by atoms with Crippen LogP contribution in [0.3, 0.4) is 0 Å². The predicted molar refractivity (Wildman–Crippen MR) is 66.5 cm³/mol. The Labute approximate surface area is 96.8 Å². The van der Waals surface area contributed by atoms with Crippen molar-refractivity contribution in [2.45, 2.75) is 6.92 Å². The summed E-state index contributed by atoms with van der Waals surface area (Å²) < 4.78 is 0.644. The molecule has 0 aromatic carbocycles. The molecular weight excluding hydrogens is 256 g/mol. The molecule has 1 aromatic rings. The van der Waals surface area contributed by atoms with Crippen LogP contribution >= 0.6 is 15.9 Å². The molecule has 0 fully saturated rings. The van der Waals surface area contributed by atoms with Crippen molar-refractivity contribution < 1.29 is 0 Å². The number of aliphatic imine (C=N–C) groups is 1. The topological polar surface area (TPSA) is 64.2 Å². The molecule has 0 atom stereocenters. The summed E-state index contributed by atoms with van der Waals surface area (Å²) in [7, 11) is 0. The number of halogens is 1. The zero-order valence-corrected chi connectivity index (χ0v) is 9.90. The molecule has 0 saturated carbocycles. The minimum Gasteiger partial charge on any atom is -0.382 e. The average molecular weight is 267 g/mol. The Hall–Kier alpha value is -1.49. The number of hydrogen-bond donors (Lipinski definition) is 1. The highest BCUT2D eigenvalue weighted by atomic mass is 79.9. The van der Waals surface area contributed by atoms with E-state index in [1.165, 1.54) is 0 Å². The van der Waals surface area contributed by atoms with E-state index >= 15 is 0 Å². The van der Waals surface area contributed by atoms with Crippen LogP contribution in [0.15, 0.2) is 34.1 Å². The van der Waals surface area contributed by atoms with Crippen LogP contribution in [0.4, 0.5) is 5.82 Å². The molecule has 0 radical (unpaired) electrons. The van der Waals surface area contributed by atoms with Crippen LogP contribution in [0, 0.1) is 0 Å². The SMILES string of the molecule is C=N/C=C\C(=C/C)c1nc(Br)cnc1N. The van der Waals surface area contributed by atoms with Gasteiger partial charge < -0.3 is 5.73 Å². The number of allylic oxidation sites excluding steroid dienone is 3. The van der Waals surface area contributed by atoms with Crippen molar-refractivity contribution in [2.24, 2.45) is 4.99 Å². The Morgan fingerprint density at radius 2 is 2.40 bits per heavy atom. The van der Waals surface area contributed by atoms with Gasteiger partial charge in [-0.3, -0.25) is 4.99 Å². The van der Waals surface area contributed by atoms with Crippen LogP contribution in [-0.2, 0) is 0 Å². The first-order valence-electron chi connectivity index (χ1n) is 4.26. The zero-order valence-electron chi connectivity index (χ0n) is 8.31. The Balaban J connectivity index is 3.18. The van der Waals surface area contributed by atoms with E-state index in [0.717, 1.165) is 5.57 Å². The normalized spacial score (nSPS) is 12.0. The number of hydrogen-bond acceptors (Lipinski definition) is 4. The average Bonchev–Trinajstić information content (AvgIpc) is 2.24. The maximum atomic E-state index is 5.72. The van der Waals surface area contributed by atoms with E-state index in [0.29, 0.717) is 16.1 Å². The van der Waals surface area contributed by atoms with Gasteiger partial charge in [0.25, 0.3) is 0 Å². The molecule has 1 aromatic heterocycles. The van der Waals surface area contributed by atoms with Crippen LogP contribution in [-0.4, -0.2) is 16.7 Å². The molecule has 0 aliphatic carbocycles. The Morgan fingerprint density at radius 1 is 1.67 bits per heavy atom. The van der Waals surface area contributed by atoms with Crippen LogP contribution in [0.2, 0.25) is 0 Å². The Kier molecular flexibility index (Phi) is 4.17. The molecular formula is C10H11BrN4. The third kappa shape index (κ3) is 2.99. The highest BCUT2D eigenvalue weighted by molar-refractivity contribution is 9.10. The lowest BCUT2D eigenvalue weighted by Gasteiger charge is -2.04. The van der Waals surface area contributed by atoms with Gasteiger partial charge in [0.15, 0.2) is 0 Å².